The lowest BCUT2D eigenvalue weighted by molar-refractivity contribution is -0.137. The van der Waals surface area contributed by atoms with Gasteiger partial charge >= 0.3 is 12.1 Å². The normalized spacial score (nSPS) is 13.1. The summed E-state index contributed by atoms with van der Waals surface area (Å²) in [7, 11) is -4.04. The predicted molar refractivity (Wildman–Crippen MR) is 131 cm³/mol. The standard InChI is InChI=1S/C23H17F3N2O4S3/c1-12-2-8-16(11-17(12)22(29)30)35(31,32)28-15-6-3-13(4-7-15)20(33)21-27-18-10-14(23(24,25)26)5-9-19(18)34-21/h2-11,20,28,33H,1H3,(H,29,30). The van der Waals surface area contributed by atoms with E-state index in [1.807, 2.05) is 0 Å². The van der Waals surface area contributed by atoms with Gasteiger partial charge in [-0.1, -0.05) is 18.2 Å². The van der Waals surface area contributed by atoms with Crippen LogP contribution in [0.5, 0.6) is 0 Å². The van der Waals surface area contributed by atoms with Crippen LogP contribution in [0.2, 0.25) is 0 Å². The first-order valence-corrected chi connectivity index (χ1v) is 12.8. The van der Waals surface area contributed by atoms with E-state index >= 15 is 0 Å². The van der Waals surface area contributed by atoms with E-state index in [2.05, 4.69) is 22.3 Å². The van der Waals surface area contributed by atoms with Crippen molar-refractivity contribution in [1.29, 1.82) is 0 Å². The van der Waals surface area contributed by atoms with Gasteiger partial charge in [-0.25, -0.2) is 18.2 Å². The minimum absolute atomic E-state index is 0.112. The monoisotopic (exact) mass is 538 g/mol. The van der Waals surface area contributed by atoms with E-state index in [1.54, 1.807) is 19.1 Å². The molecule has 0 bridgehead atoms. The number of aromatic carboxylic acids is 1. The van der Waals surface area contributed by atoms with Gasteiger partial charge in [0.15, 0.2) is 0 Å². The first-order valence-electron chi connectivity index (χ1n) is 9.97. The quantitative estimate of drug-likeness (QED) is 0.256. The summed E-state index contributed by atoms with van der Waals surface area (Å²) in [6.07, 6.45) is -4.46. The fourth-order valence-corrected chi connectivity index (χ4v) is 5.76. The van der Waals surface area contributed by atoms with E-state index in [1.165, 1.54) is 41.7 Å². The number of carboxylic acids is 1. The van der Waals surface area contributed by atoms with Crippen LogP contribution in [-0.2, 0) is 16.2 Å². The molecule has 2 N–H and O–H groups in total. The lowest BCUT2D eigenvalue weighted by atomic mass is 10.1. The van der Waals surface area contributed by atoms with Gasteiger partial charge in [0.25, 0.3) is 10.0 Å². The molecule has 0 radical (unpaired) electrons. The SMILES string of the molecule is Cc1ccc(S(=O)(=O)Nc2ccc(C(S)c3nc4cc(C(F)(F)F)ccc4s3)cc2)cc1C(=O)O. The number of nitrogens with zero attached hydrogens (tertiary/aromatic N) is 1. The molecule has 0 aliphatic heterocycles. The highest BCUT2D eigenvalue weighted by molar-refractivity contribution is 7.92. The first-order chi connectivity index (χ1) is 16.3. The Labute approximate surface area is 207 Å². The van der Waals surface area contributed by atoms with Crippen LogP contribution < -0.4 is 4.72 Å². The molecule has 6 nitrogen and oxygen atoms in total. The number of sulfonamides is 1. The lowest BCUT2D eigenvalue weighted by Crippen LogP contribution is -2.14. The van der Waals surface area contributed by atoms with Gasteiger partial charge in [0, 0.05) is 5.69 Å². The third-order valence-electron chi connectivity index (χ3n) is 5.19. The second-order valence-electron chi connectivity index (χ2n) is 7.64. The van der Waals surface area contributed by atoms with Crippen molar-refractivity contribution in [1.82, 2.24) is 4.98 Å². The minimum atomic E-state index is -4.46. The van der Waals surface area contributed by atoms with Gasteiger partial charge in [-0.2, -0.15) is 25.8 Å². The zero-order chi connectivity index (χ0) is 25.5. The topological polar surface area (TPSA) is 96.4 Å². The van der Waals surface area contributed by atoms with Crippen LogP contribution in [0.3, 0.4) is 0 Å². The molecular formula is C23H17F3N2O4S3. The van der Waals surface area contributed by atoms with Gasteiger partial charge in [0.1, 0.15) is 5.01 Å². The Balaban J connectivity index is 1.55. The molecule has 0 saturated carbocycles. The van der Waals surface area contributed by atoms with Gasteiger partial charge in [0.2, 0.25) is 0 Å². The maximum absolute atomic E-state index is 13.0. The number of halogens is 3. The molecule has 1 heterocycles. The van der Waals surface area contributed by atoms with Gasteiger partial charge in [-0.15, -0.1) is 11.3 Å². The largest absolute Gasteiger partial charge is 0.478 e. The number of aryl methyl sites for hydroxylation is 1. The maximum Gasteiger partial charge on any atom is 0.416 e. The number of hydrogen-bond donors (Lipinski definition) is 3. The number of fused-ring (bicyclic) bond motifs is 1. The van der Waals surface area contributed by atoms with Crippen molar-refractivity contribution in [2.24, 2.45) is 0 Å². The van der Waals surface area contributed by atoms with Gasteiger partial charge in [-0.3, -0.25) is 4.72 Å². The molecule has 182 valence electrons. The van der Waals surface area contributed by atoms with Crippen molar-refractivity contribution in [2.75, 3.05) is 4.72 Å². The number of carbonyl (C=O) groups is 1. The van der Waals surface area contributed by atoms with E-state index in [-0.39, 0.29) is 21.7 Å². The number of alkyl halides is 3. The summed E-state index contributed by atoms with van der Waals surface area (Å²) in [5.41, 5.74) is 0.672. The molecule has 12 heteroatoms. The number of thiazole rings is 1. The van der Waals surface area contributed by atoms with E-state index in [0.717, 1.165) is 18.2 Å². The maximum atomic E-state index is 13.0. The number of hydrogen-bond acceptors (Lipinski definition) is 6. The van der Waals surface area contributed by atoms with Crippen molar-refractivity contribution in [2.45, 2.75) is 23.2 Å². The highest BCUT2D eigenvalue weighted by Crippen LogP contribution is 2.37. The average molecular weight is 539 g/mol. The summed E-state index contributed by atoms with van der Waals surface area (Å²) >= 11 is 5.77. The Morgan fingerprint density at radius 2 is 1.77 bits per heavy atom. The Morgan fingerprint density at radius 1 is 1.09 bits per heavy atom. The summed E-state index contributed by atoms with van der Waals surface area (Å²) in [6.45, 7) is 1.57. The number of thiol groups is 1. The highest BCUT2D eigenvalue weighted by Gasteiger charge is 2.31. The molecule has 35 heavy (non-hydrogen) atoms. The molecule has 4 rings (SSSR count). The van der Waals surface area contributed by atoms with Crippen molar-refractivity contribution in [3.8, 4) is 0 Å². The second-order valence-corrected chi connectivity index (χ2v) is 10.9. The molecule has 1 aromatic heterocycles. The van der Waals surface area contributed by atoms with Crippen molar-refractivity contribution in [3.05, 3.63) is 87.9 Å². The van der Waals surface area contributed by atoms with Crippen LogP contribution in [0.15, 0.2) is 65.6 Å². The number of rotatable bonds is 6. The van der Waals surface area contributed by atoms with Gasteiger partial charge < -0.3 is 5.11 Å². The van der Waals surface area contributed by atoms with E-state index < -0.39 is 33.0 Å². The molecule has 0 saturated heterocycles. The van der Waals surface area contributed by atoms with Crippen molar-refractivity contribution >= 4 is 55.9 Å². The van der Waals surface area contributed by atoms with E-state index in [9.17, 15) is 31.5 Å². The number of benzene rings is 3. The summed E-state index contributed by atoms with van der Waals surface area (Å²) in [6, 6.07) is 13.5. The lowest BCUT2D eigenvalue weighted by Gasteiger charge is -2.12. The Bertz CT molecular complexity index is 1530. The van der Waals surface area contributed by atoms with Crippen molar-refractivity contribution < 1.29 is 31.5 Å². The summed E-state index contributed by atoms with van der Waals surface area (Å²) in [5.74, 6) is -1.23. The molecule has 3 aromatic carbocycles. The second kappa shape index (κ2) is 9.17. The third kappa shape index (κ3) is 5.29. The van der Waals surface area contributed by atoms with Crippen LogP contribution in [0.25, 0.3) is 10.2 Å². The zero-order valence-electron chi connectivity index (χ0n) is 17.9. The molecule has 0 fully saturated rings. The predicted octanol–water partition coefficient (Wildman–Crippen LogP) is 6.14. The van der Waals surface area contributed by atoms with Crippen LogP contribution in [0, 0.1) is 6.92 Å². The minimum Gasteiger partial charge on any atom is -0.478 e. The molecule has 0 spiro atoms. The average Bonchev–Trinajstić information content (AvgIpc) is 3.22. The van der Waals surface area contributed by atoms with Gasteiger partial charge in [-0.05, 0) is 60.5 Å². The van der Waals surface area contributed by atoms with Crippen LogP contribution in [0.4, 0.5) is 18.9 Å². The highest BCUT2D eigenvalue weighted by atomic mass is 32.2. The van der Waals surface area contributed by atoms with Crippen molar-refractivity contribution in [3.63, 3.8) is 0 Å². The summed E-state index contributed by atoms with van der Waals surface area (Å²) in [4.78, 5) is 15.4. The molecule has 1 atom stereocenters. The molecule has 1 unspecified atom stereocenters. The first kappa shape index (κ1) is 25.0. The molecule has 0 amide bonds. The number of anilines is 1. The molecule has 0 aliphatic carbocycles. The smallest absolute Gasteiger partial charge is 0.416 e. The molecule has 0 aliphatic rings. The Kier molecular flexibility index (Phi) is 6.56. The fourth-order valence-electron chi connectivity index (χ4n) is 3.33. The van der Waals surface area contributed by atoms with E-state index in [0.29, 0.717) is 20.8 Å². The summed E-state index contributed by atoms with van der Waals surface area (Å²) < 4.78 is 67.3. The Hall–Kier alpha value is -3.09. The third-order valence-corrected chi connectivity index (χ3v) is 8.39. The van der Waals surface area contributed by atoms with E-state index in [4.69, 9.17) is 0 Å². The molecular weight excluding hydrogens is 521 g/mol. The summed E-state index contributed by atoms with van der Waals surface area (Å²) in [5, 5.41) is 9.20. The van der Waals surface area contributed by atoms with Gasteiger partial charge in [0.05, 0.1) is 31.5 Å². The van der Waals surface area contributed by atoms with Crippen LogP contribution in [0.1, 0.15) is 37.3 Å². The zero-order valence-corrected chi connectivity index (χ0v) is 20.4. The molecule has 4 aromatic rings. The van der Waals surface area contributed by atoms with Crippen LogP contribution >= 0.6 is 24.0 Å². The number of aromatic nitrogens is 1. The number of carboxylic acid groups (broad SMARTS) is 1. The van der Waals surface area contributed by atoms with Crippen LogP contribution in [-0.4, -0.2) is 24.5 Å². The Morgan fingerprint density at radius 3 is 2.40 bits per heavy atom. The fraction of sp³-hybridized carbons (Fsp3) is 0.130. The number of nitrogens with one attached hydrogen (secondary N) is 1.